The fourth-order valence-corrected chi connectivity index (χ4v) is 12.1. The zero-order valence-corrected chi connectivity index (χ0v) is 42.3. The Hall–Kier alpha value is -9.50. The number of nitrogens with zero attached hydrogens (tertiary/aromatic N) is 2. The van der Waals surface area contributed by atoms with Crippen LogP contribution in [0.5, 0.6) is 0 Å². The van der Waals surface area contributed by atoms with E-state index in [9.17, 15) is 0 Å². The minimum absolute atomic E-state index is 1.00. The standard InChI is InChI=1S/C74H54N2/c1-4-30-59(31-5-1)75(60-32-6-2-7-33-60)63-42-44-69-71(49-63)73(57-28-16-26-55(46-57)67-38-18-24-52-21-12-14-36-65(52)67)70-45-43-64(76(61-34-8-3-9-35-61)62-41-40-51-20-10-11-23-54(51)48-62)50-72(70)74(69)58-29-17-27-56(47-58)68-39-19-25-53-22-13-15-37-66(53)68/h1,3-6,8-13,15-35,37-50H,2,7,14,36H2. The van der Waals surface area contributed by atoms with Crippen LogP contribution in [-0.2, 0) is 6.42 Å². The third-order valence-corrected chi connectivity index (χ3v) is 15.6. The lowest BCUT2D eigenvalue weighted by molar-refractivity contribution is 0.988. The highest BCUT2D eigenvalue weighted by molar-refractivity contribution is 6.23. The molecule has 0 aromatic heterocycles. The van der Waals surface area contributed by atoms with Crippen molar-refractivity contribution < 1.29 is 0 Å². The third kappa shape index (κ3) is 8.16. The summed E-state index contributed by atoms with van der Waals surface area (Å²) in [6.07, 6.45) is 15.7. The summed E-state index contributed by atoms with van der Waals surface area (Å²) in [5, 5.41) is 9.69. The summed E-state index contributed by atoms with van der Waals surface area (Å²) in [5.41, 5.74) is 19.2. The fraction of sp³-hybridized carbons (Fsp3) is 0.0541. The molecule has 0 unspecified atom stereocenters. The van der Waals surface area contributed by atoms with Crippen molar-refractivity contribution in [3.8, 4) is 44.5 Å². The number of benzene rings is 12. The fourth-order valence-electron chi connectivity index (χ4n) is 12.1. The van der Waals surface area contributed by atoms with Gasteiger partial charge in [-0.05, 0) is 203 Å². The topological polar surface area (TPSA) is 6.48 Å². The van der Waals surface area contributed by atoms with Crippen molar-refractivity contribution in [2.24, 2.45) is 0 Å². The second kappa shape index (κ2) is 19.4. The Labute approximate surface area is 445 Å². The van der Waals surface area contributed by atoms with Crippen LogP contribution in [0.2, 0.25) is 0 Å². The van der Waals surface area contributed by atoms with Gasteiger partial charge in [-0.2, -0.15) is 0 Å². The summed E-state index contributed by atoms with van der Waals surface area (Å²) in [6, 6.07) is 92.5. The maximum atomic E-state index is 2.47. The normalized spacial score (nSPS) is 13.0. The smallest absolute Gasteiger partial charge is 0.0468 e. The second-order valence-electron chi connectivity index (χ2n) is 20.2. The van der Waals surface area contributed by atoms with Crippen LogP contribution in [0.25, 0.3) is 93.7 Å². The summed E-state index contributed by atoms with van der Waals surface area (Å²) in [7, 11) is 0. The number of hydrogen-bond acceptors (Lipinski definition) is 2. The van der Waals surface area contributed by atoms with Gasteiger partial charge in [-0.1, -0.05) is 200 Å². The number of hydrogen-bond donors (Lipinski definition) is 0. The third-order valence-electron chi connectivity index (χ3n) is 15.6. The monoisotopic (exact) mass is 970 g/mol. The molecule has 0 heterocycles. The van der Waals surface area contributed by atoms with Gasteiger partial charge in [0.2, 0.25) is 0 Å². The van der Waals surface area contributed by atoms with Gasteiger partial charge in [-0.3, -0.25) is 0 Å². The van der Waals surface area contributed by atoms with E-state index in [1.54, 1.807) is 0 Å². The van der Waals surface area contributed by atoms with E-state index in [4.69, 9.17) is 0 Å². The van der Waals surface area contributed by atoms with Gasteiger partial charge < -0.3 is 9.80 Å². The van der Waals surface area contributed by atoms with Gasteiger partial charge in [0.25, 0.3) is 0 Å². The predicted molar refractivity (Wildman–Crippen MR) is 325 cm³/mol. The molecule has 2 nitrogen and oxygen atoms in total. The van der Waals surface area contributed by atoms with Gasteiger partial charge in [-0.25, -0.2) is 0 Å². The molecule has 0 bridgehead atoms. The van der Waals surface area contributed by atoms with E-state index in [-0.39, 0.29) is 0 Å². The van der Waals surface area contributed by atoms with E-state index in [2.05, 4.69) is 289 Å². The molecule has 2 heteroatoms. The number of allylic oxidation sites excluding steroid dienone is 4. The van der Waals surface area contributed by atoms with E-state index in [1.807, 2.05) is 0 Å². The first-order valence-electron chi connectivity index (χ1n) is 26.8. The first-order valence-corrected chi connectivity index (χ1v) is 26.8. The van der Waals surface area contributed by atoms with Crippen LogP contribution in [0, 0.1) is 0 Å². The lowest BCUT2D eigenvalue weighted by atomic mass is 9.83. The highest BCUT2D eigenvalue weighted by atomic mass is 15.1. The summed E-state index contributed by atoms with van der Waals surface area (Å²) in [6.45, 7) is 0. The Morgan fingerprint density at radius 2 is 0.829 bits per heavy atom. The van der Waals surface area contributed by atoms with E-state index in [0.29, 0.717) is 0 Å². The Balaban J connectivity index is 1.08. The van der Waals surface area contributed by atoms with Crippen LogP contribution in [0.4, 0.5) is 28.4 Å². The molecule has 0 N–H and O–H groups in total. The minimum atomic E-state index is 1.00. The van der Waals surface area contributed by atoms with Crippen LogP contribution in [0.3, 0.4) is 0 Å². The van der Waals surface area contributed by atoms with Crippen molar-refractivity contribution in [3.63, 3.8) is 0 Å². The zero-order valence-electron chi connectivity index (χ0n) is 42.3. The van der Waals surface area contributed by atoms with Crippen LogP contribution < -0.4 is 9.80 Å². The average Bonchev–Trinajstić information content (AvgIpc) is 3.61. The van der Waals surface area contributed by atoms with E-state index < -0.39 is 0 Å². The molecule has 0 radical (unpaired) electrons. The summed E-state index contributed by atoms with van der Waals surface area (Å²) < 4.78 is 0. The molecule has 0 fully saturated rings. The van der Waals surface area contributed by atoms with Crippen LogP contribution in [-0.4, -0.2) is 0 Å². The first kappa shape index (κ1) is 45.1. The van der Waals surface area contributed by atoms with Crippen molar-refractivity contribution in [2.75, 3.05) is 9.80 Å². The molecule has 14 rings (SSSR count). The Kier molecular flexibility index (Phi) is 11.5. The number of para-hydroxylation sites is 2. The quantitative estimate of drug-likeness (QED) is 0.126. The number of anilines is 5. The molecule has 0 amide bonds. The average molecular weight is 971 g/mol. The van der Waals surface area contributed by atoms with Gasteiger partial charge in [-0.15, -0.1) is 0 Å². The molecule has 0 atom stereocenters. The van der Waals surface area contributed by atoms with E-state index in [0.717, 1.165) is 54.1 Å². The molecule has 2 aliphatic carbocycles. The number of fused-ring (bicyclic) bond motifs is 5. The largest absolute Gasteiger partial charge is 0.311 e. The summed E-state index contributed by atoms with van der Waals surface area (Å²) in [5.74, 6) is 0. The van der Waals surface area contributed by atoms with Gasteiger partial charge in [0.05, 0.1) is 0 Å². The second-order valence-corrected chi connectivity index (χ2v) is 20.2. The molecule has 0 aliphatic heterocycles. The maximum Gasteiger partial charge on any atom is 0.0468 e. The van der Waals surface area contributed by atoms with E-state index >= 15 is 0 Å². The SMILES string of the molecule is C1=CC(N(c2ccccc2)c2ccc3c(-c4cccc(-c5cccc6ccccc56)c4)c4cc(N(c5ccccc5)c5ccc6ccccc6c5)ccc4c(-c4cccc(-c5cccc6c5CCC=C6)c4)c3c2)=CCC1. The molecule has 2 aliphatic rings. The van der Waals surface area contributed by atoms with Gasteiger partial charge in [0, 0.05) is 34.1 Å². The number of rotatable bonds is 10. The van der Waals surface area contributed by atoms with Crippen molar-refractivity contribution in [3.05, 3.63) is 290 Å². The Bertz CT molecular complexity index is 4290. The summed E-state index contributed by atoms with van der Waals surface area (Å²) in [4.78, 5) is 4.86. The Morgan fingerprint density at radius 3 is 1.54 bits per heavy atom. The lowest BCUT2D eigenvalue weighted by Crippen LogP contribution is -2.16. The van der Waals surface area contributed by atoms with Crippen molar-refractivity contribution in [1.82, 2.24) is 0 Å². The van der Waals surface area contributed by atoms with E-state index in [1.165, 1.54) is 104 Å². The van der Waals surface area contributed by atoms with Gasteiger partial charge in [0.1, 0.15) is 0 Å². The molecule has 360 valence electrons. The van der Waals surface area contributed by atoms with Crippen molar-refractivity contribution in [2.45, 2.75) is 25.7 Å². The maximum absolute atomic E-state index is 2.47. The molecule has 0 saturated heterocycles. The lowest BCUT2D eigenvalue weighted by Gasteiger charge is -2.29. The summed E-state index contributed by atoms with van der Waals surface area (Å²) >= 11 is 0. The van der Waals surface area contributed by atoms with Crippen LogP contribution >= 0.6 is 0 Å². The molecular formula is C74H54N2. The zero-order chi connectivity index (χ0) is 50.4. The predicted octanol–water partition coefficient (Wildman–Crippen LogP) is 20.8. The molecule has 12 aromatic rings. The minimum Gasteiger partial charge on any atom is -0.311 e. The van der Waals surface area contributed by atoms with Gasteiger partial charge in [0.15, 0.2) is 0 Å². The van der Waals surface area contributed by atoms with Crippen molar-refractivity contribution in [1.29, 1.82) is 0 Å². The Morgan fingerprint density at radius 1 is 0.289 bits per heavy atom. The molecule has 0 saturated carbocycles. The molecule has 76 heavy (non-hydrogen) atoms. The van der Waals surface area contributed by atoms with Crippen LogP contribution in [0.15, 0.2) is 279 Å². The first-order chi connectivity index (χ1) is 37.7. The molecule has 0 spiro atoms. The van der Waals surface area contributed by atoms with Gasteiger partial charge >= 0.3 is 0 Å². The van der Waals surface area contributed by atoms with Crippen molar-refractivity contribution >= 4 is 77.6 Å². The van der Waals surface area contributed by atoms with Crippen LogP contribution in [0.1, 0.15) is 30.4 Å². The highest BCUT2D eigenvalue weighted by Gasteiger charge is 2.24. The molecular weight excluding hydrogens is 917 g/mol. The molecule has 12 aromatic carbocycles. The highest BCUT2D eigenvalue weighted by Crippen LogP contribution is 2.49.